The van der Waals surface area contributed by atoms with Gasteiger partial charge in [-0.3, -0.25) is 0 Å². The zero-order chi connectivity index (χ0) is 67.5. The Morgan fingerprint density at radius 2 is 0.300 bits per heavy atom. The Balaban J connectivity index is 0.985. The Morgan fingerprint density at radius 1 is 0.130 bits per heavy atom. The van der Waals surface area contributed by atoms with Crippen molar-refractivity contribution in [3.8, 4) is 0 Å². The van der Waals surface area contributed by atoms with Crippen LogP contribution in [0.15, 0.2) is 376 Å². The van der Waals surface area contributed by atoms with Gasteiger partial charge in [0.1, 0.15) is 0 Å². The third-order valence-electron chi connectivity index (χ3n) is 18.7. The van der Waals surface area contributed by atoms with Crippen molar-refractivity contribution in [3.63, 3.8) is 0 Å². The molecule has 0 aliphatic heterocycles. The van der Waals surface area contributed by atoms with Gasteiger partial charge in [-0.25, -0.2) is 0 Å². The van der Waals surface area contributed by atoms with E-state index in [4.69, 9.17) is 0 Å². The lowest BCUT2D eigenvalue weighted by atomic mass is 9.93. The summed E-state index contributed by atoms with van der Waals surface area (Å²) in [5.74, 6) is 0. The predicted molar refractivity (Wildman–Crippen MR) is 426 cm³/mol. The highest BCUT2D eigenvalue weighted by Crippen LogP contribution is 2.53. The zero-order valence-corrected chi connectivity index (χ0v) is 56.5. The fourth-order valence-electron chi connectivity index (χ4n) is 14.6. The topological polar surface area (TPSA) is 19.4 Å². The molecule has 0 aliphatic rings. The summed E-state index contributed by atoms with van der Waals surface area (Å²) in [5.41, 5.74) is 23.3. The standard InChI is InChI=1S/C94H74N6/c1-67-53-68(2)56-79(55-67)99(85-61-81(95(71-33-13-5-14-34-71)72-35-15-6-16-36-72)59-82(62-85)96(73-37-17-7-18-38-73)74-39-19-8-20-40-74)93-65-91-88-50-30-32-52-90(88)94(66-92(91)87-49-29-31-51-89(87)93)100(80-57-69(3)54-70(4)58-80)86-63-83(97(75-41-21-9-22-42-75)76-43-23-10-24-44-76)60-84(64-86)98(77-45-25-11-26-46-77)78-47-27-12-28-48-78/h5-66H,1-4H3. The highest BCUT2D eigenvalue weighted by Gasteiger charge is 2.28. The normalized spacial score (nSPS) is 11.2. The second kappa shape index (κ2) is 27.3. The van der Waals surface area contributed by atoms with Crippen LogP contribution < -0.4 is 29.4 Å². The number of fused-ring (bicyclic) bond motifs is 5. The molecular weight excluding hydrogens is 1210 g/mol. The van der Waals surface area contributed by atoms with Crippen molar-refractivity contribution in [1.82, 2.24) is 0 Å². The van der Waals surface area contributed by atoms with Crippen LogP contribution >= 0.6 is 0 Å². The van der Waals surface area contributed by atoms with E-state index in [1.807, 2.05) is 0 Å². The summed E-state index contributed by atoms with van der Waals surface area (Å²) < 4.78 is 0. The smallest absolute Gasteiger partial charge is 0.0546 e. The number of hydrogen-bond donors (Lipinski definition) is 0. The van der Waals surface area contributed by atoms with Gasteiger partial charge in [0.25, 0.3) is 0 Å². The summed E-state index contributed by atoms with van der Waals surface area (Å²) in [7, 11) is 0. The summed E-state index contributed by atoms with van der Waals surface area (Å²) in [6.45, 7) is 8.85. The molecule has 16 aromatic rings. The van der Waals surface area contributed by atoms with E-state index >= 15 is 0 Å². The molecule has 0 aliphatic carbocycles. The van der Waals surface area contributed by atoms with Crippen LogP contribution in [0.4, 0.5) is 102 Å². The molecule has 6 heteroatoms. The maximum Gasteiger partial charge on any atom is 0.0546 e. The van der Waals surface area contributed by atoms with Crippen LogP contribution in [0, 0.1) is 27.7 Å². The lowest BCUT2D eigenvalue weighted by Gasteiger charge is -2.34. The monoisotopic (exact) mass is 1290 g/mol. The summed E-state index contributed by atoms with van der Waals surface area (Å²) in [6.07, 6.45) is 0. The number of para-hydroxylation sites is 8. The largest absolute Gasteiger partial charge is 0.310 e. The minimum absolute atomic E-state index is 0.994. The van der Waals surface area contributed by atoms with Crippen molar-refractivity contribution in [2.45, 2.75) is 27.7 Å². The molecule has 0 saturated heterocycles. The Bertz CT molecular complexity index is 4800. The highest BCUT2D eigenvalue weighted by molar-refractivity contribution is 6.25. The summed E-state index contributed by atoms with van der Waals surface area (Å²) in [5, 5.41) is 6.75. The van der Waals surface area contributed by atoms with Gasteiger partial charge in [0.05, 0.1) is 45.5 Å². The fourth-order valence-corrected chi connectivity index (χ4v) is 14.6. The van der Waals surface area contributed by atoms with Crippen molar-refractivity contribution < 1.29 is 0 Å². The van der Waals surface area contributed by atoms with E-state index in [1.165, 1.54) is 22.3 Å². The quantitative estimate of drug-likeness (QED) is 0.0792. The molecule has 0 heterocycles. The second-order valence-corrected chi connectivity index (χ2v) is 25.8. The molecule has 0 aromatic heterocycles. The molecule has 16 aromatic carbocycles. The second-order valence-electron chi connectivity index (χ2n) is 25.8. The Morgan fingerprint density at radius 3 is 0.510 bits per heavy atom. The third kappa shape index (κ3) is 12.3. The number of nitrogens with zero attached hydrogens (tertiary/aromatic N) is 6. The van der Waals surface area contributed by atoms with Crippen LogP contribution in [0.2, 0.25) is 0 Å². The minimum atomic E-state index is 0.994. The van der Waals surface area contributed by atoms with Crippen LogP contribution in [0.1, 0.15) is 22.3 Å². The molecule has 480 valence electrons. The van der Waals surface area contributed by atoms with Gasteiger partial charge in [0, 0.05) is 67.6 Å². The SMILES string of the molecule is Cc1cc(C)cc(N(c2cc(N(c3ccccc3)c3ccccc3)cc(N(c3ccccc3)c3ccccc3)c2)c2cc3c4ccccc4c(N(c4cc(C)cc(C)c4)c4cc(N(c5ccccc5)c5ccccc5)cc(N(c5ccccc5)c5ccccc5)c4)cc3c3ccccc23)c1. The minimum Gasteiger partial charge on any atom is -0.310 e. The Kier molecular flexibility index (Phi) is 16.9. The van der Waals surface area contributed by atoms with Crippen LogP contribution in [-0.4, -0.2) is 0 Å². The van der Waals surface area contributed by atoms with Gasteiger partial charge < -0.3 is 29.4 Å². The highest BCUT2D eigenvalue weighted by atomic mass is 15.2. The summed E-state index contributed by atoms with van der Waals surface area (Å²) >= 11 is 0. The van der Waals surface area contributed by atoms with Crippen molar-refractivity contribution in [2.24, 2.45) is 0 Å². The molecule has 100 heavy (non-hydrogen) atoms. The molecule has 0 fully saturated rings. The van der Waals surface area contributed by atoms with E-state index in [1.54, 1.807) is 0 Å². The maximum atomic E-state index is 2.52. The third-order valence-corrected chi connectivity index (χ3v) is 18.7. The van der Waals surface area contributed by atoms with E-state index in [0.717, 1.165) is 135 Å². The average molecular weight is 1290 g/mol. The Labute approximate surface area is 586 Å². The zero-order valence-electron chi connectivity index (χ0n) is 56.5. The number of rotatable bonds is 18. The van der Waals surface area contributed by atoms with E-state index < -0.39 is 0 Å². The van der Waals surface area contributed by atoms with Gasteiger partial charge >= 0.3 is 0 Å². The summed E-state index contributed by atoms with van der Waals surface area (Å²) in [4.78, 5) is 14.6. The van der Waals surface area contributed by atoms with Crippen LogP contribution in [0.3, 0.4) is 0 Å². The number of hydrogen-bond acceptors (Lipinski definition) is 6. The number of benzene rings is 16. The fraction of sp³-hybridized carbons (Fsp3) is 0.0426. The van der Waals surface area contributed by atoms with Gasteiger partial charge in [0.2, 0.25) is 0 Å². The molecule has 0 amide bonds. The maximum absolute atomic E-state index is 2.52. The molecule has 0 N–H and O–H groups in total. The average Bonchev–Trinajstić information content (AvgIpc) is 0.725. The van der Waals surface area contributed by atoms with Gasteiger partial charge in [-0.2, -0.15) is 0 Å². The molecule has 16 rings (SSSR count). The van der Waals surface area contributed by atoms with E-state index in [-0.39, 0.29) is 0 Å². The number of anilines is 18. The molecule has 0 saturated carbocycles. The molecule has 0 bridgehead atoms. The molecule has 0 unspecified atom stereocenters. The van der Waals surface area contributed by atoms with Crippen LogP contribution in [0.25, 0.3) is 32.3 Å². The first-order valence-electron chi connectivity index (χ1n) is 34.3. The molecule has 0 atom stereocenters. The predicted octanol–water partition coefficient (Wildman–Crippen LogP) is 27.2. The molecule has 0 spiro atoms. The van der Waals surface area contributed by atoms with Gasteiger partial charge in [-0.1, -0.05) is 206 Å². The van der Waals surface area contributed by atoms with E-state index in [0.29, 0.717) is 0 Å². The Hall–Kier alpha value is -12.9. The van der Waals surface area contributed by atoms with Gasteiger partial charge in [0.15, 0.2) is 0 Å². The molecule has 0 radical (unpaired) electrons. The van der Waals surface area contributed by atoms with Gasteiger partial charge in [-0.05, 0) is 241 Å². The first kappa shape index (κ1) is 61.9. The number of aryl methyl sites for hydroxylation is 4. The van der Waals surface area contributed by atoms with Crippen molar-refractivity contribution in [2.75, 3.05) is 29.4 Å². The van der Waals surface area contributed by atoms with Crippen LogP contribution in [-0.2, 0) is 0 Å². The van der Waals surface area contributed by atoms with Crippen molar-refractivity contribution >= 4 is 135 Å². The van der Waals surface area contributed by atoms with Crippen molar-refractivity contribution in [1.29, 1.82) is 0 Å². The lowest BCUT2D eigenvalue weighted by Crippen LogP contribution is -2.17. The first-order valence-corrected chi connectivity index (χ1v) is 34.3. The van der Waals surface area contributed by atoms with E-state index in [2.05, 4.69) is 433 Å². The van der Waals surface area contributed by atoms with Gasteiger partial charge in [-0.15, -0.1) is 0 Å². The van der Waals surface area contributed by atoms with E-state index in [9.17, 15) is 0 Å². The first-order chi connectivity index (χ1) is 49.2. The summed E-state index contributed by atoms with van der Waals surface area (Å²) in [6, 6.07) is 137. The molecule has 6 nitrogen and oxygen atoms in total. The lowest BCUT2D eigenvalue weighted by molar-refractivity contribution is 1.22. The van der Waals surface area contributed by atoms with Crippen molar-refractivity contribution in [3.05, 3.63) is 398 Å². The molecular formula is C94H74N6. The van der Waals surface area contributed by atoms with Crippen LogP contribution in [0.5, 0.6) is 0 Å².